The quantitative estimate of drug-likeness (QED) is 0.549. The van der Waals surface area contributed by atoms with Crippen LogP contribution in [-0.4, -0.2) is 47.2 Å². The third-order valence-corrected chi connectivity index (χ3v) is 3.38. The molecule has 18 heavy (non-hydrogen) atoms. The fourth-order valence-electron chi connectivity index (χ4n) is 2.14. The van der Waals surface area contributed by atoms with Crippen LogP contribution in [0.2, 0.25) is 0 Å². The molecule has 98 valence electrons. The molecule has 2 aliphatic rings. The van der Waals surface area contributed by atoms with Crippen LogP contribution in [0.4, 0.5) is 0 Å². The van der Waals surface area contributed by atoms with Crippen LogP contribution in [0.3, 0.4) is 0 Å². The third kappa shape index (κ3) is 1.96. The van der Waals surface area contributed by atoms with Crippen molar-refractivity contribution in [2.24, 2.45) is 5.92 Å². The van der Waals surface area contributed by atoms with Gasteiger partial charge in [0.2, 0.25) is 17.7 Å². The van der Waals surface area contributed by atoms with E-state index in [-0.39, 0.29) is 31.3 Å². The standard InChI is InChI=1S/C11H15N3O4/c1-11(2)10(18)13-8(16)5-14(11)9(17)6-3-7(15)12-4-6/h6H,3-5H2,1-2H3,(H,12,15)(H,13,16,18). The Bertz CT molecular complexity index is 444. The summed E-state index contributed by atoms with van der Waals surface area (Å²) in [6.07, 6.45) is 0.112. The van der Waals surface area contributed by atoms with Gasteiger partial charge in [-0.05, 0) is 13.8 Å². The molecule has 7 heteroatoms. The van der Waals surface area contributed by atoms with Crippen molar-refractivity contribution >= 4 is 23.6 Å². The number of piperazine rings is 1. The molecule has 0 bridgehead atoms. The first-order chi connectivity index (χ1) is 8.32. The summed E-state index contributed by atoms with van der Waals surface area (Å²) in [5.74, 6) is -2.00. The molecule has 2 heterocycles. The Morgan fingerprint density at radius 1 is 1.28 bits per heavy atom. The van der Waals surface area contributed by atoms with Crippen molar-refractivity contribution in [1.82, 2.24) is 15.5 Å². The molecular weight excluding hydrogens is 238 g/mol. The van der Waals surface area contributed by atoms with Crippen molar-refractivity contribution in [1.29, 1.82) is 0 Å². The molecule has 0 radical (unpaired) electrons. The lowest BCUT2D eigenvalue weighted by Gasteiger charge is -2.41. The van der Waals surface area contributed by atoms with Crippen molar-refractivity contribution in [3.63, 3.8) is 0 Å². The number of amides is 4. The summed E-state index contributed by atoms with van der Waals surface area (Å²) in [5, 5.41) is 4.77. The smallest absolute Gasteiger partial charge is 0.252 e. The normalized spacial score (nSPS) is 26.9. The Hall–Kier alpha value is -1.92. The largest absolute Gasteiger partial charge is 0.355 e. The maximum absolute atomic E-state index is 12.3. The van der Waals surface area contributed by atoms with Crippen molar-refractivity contribution in [2.45, 2.75) is 25.8 Å². The molecule has 0 aromatic rings. The van der Waals surface area contributed by atoms with E-state index in [1.807, 2.05) is 0 Å². The molecule has 0 spiro atoms. The highest BCUT2D eigenvalue weighted by Gasteiger charge is 2.46. The number of carbonyl (C=O) groups is 4. The predicted molar refractivity (Wildman–Crippen MR) is 60.1 cm³/mol. The molecule has 2 aliphatic heterocycles. The Morgan fingerprint density at radius 2 is 1.94 bits per heavy atom. The molecule has 2 N–H and O–H groups in total. The molecule has 1 unspecified atom stereocenters. The first kappa shape index (κ1) is 12.5. The van der Waals surface area contributed by atoms with Gasteiger partial charge in [0.05, 0.1) is 5.92 Å². The number of imide groups is 1. The van der Waals surface area contributed by atoms with Gasteiger partial charge in [0.15, 0.2) is 0 Å². The van der Waals surface area contributed by atoms with Crippen molar-refractivity contribution in [2.75, 3.05) is 13.1 Å². The molecule has 2 rings (SSSR count). The highest BCUT2D eigenvalue weighted by molar-refractivity contribution is 6.06. The molecule has 0 saturated carbocycles. The van der Waals surface area contributed by atoms with E-state index in [0.29, 0.717) is 0 Å². The fourth-order valence-corrected chi connectivity index (χ4v) is 2.14. The van der Waals surface area contributed by atoms with Crippen LogP contribution in [0.5, 0.6) is 0 Å². The Labute approximate surface area is 104 Å². The number of nitrogens with zero attached hydrogens (tertiary/aromatic N) is 1. The van der Waals surface area contributed by atoms with Gasteiger partial charge in [-0.2, -0.15) is 0 Å². The summed E-state index contributed by atoms with van der Waals surface area (Å²) in [6.45, 7) is 3.27. The summed E-state index contributed by atoms with van der Waals surface area (Å²) in [6, 6.07) is 0. The van der Waals surface area contributed by atoms with E-state index in [2.05, 4.69) is 10.6 Å². The van der Waals surface area contributed by atoms with Gasteiger partial charge in [-0.25, -0.2) is 0 Å². The molecule has 0 aromatic heterocycles. The lowest BCUT2D eigenvalue weighted by atomic mass is 9.95. The number of hydrogen-bond acceptors (Lipinski definition) is 4. The third-order valence-electron chi connectivity index (χ3n) is 3.38. The Morgan fingerprint density at radius 3 is 2.50 bits per heavy atom. The zero-order valence-corrected chi connectivity index (χ0v) is 10.3. The molecular formula is C11H15N3O4. The van der Waals surface area contributed by atoms with E-state index < -0.39 is 23.3 Å². The summed E-state index contributed by atoms with van der Waals surface area (Å²) in [5.41, 5.74) is -1.07. The second kappa shape index (κ2) is 4.08. The second-order valence-electron chi connectivity index (χ2n) is 5.07. The van der Waals surface area contributed by atoms with Gasteiger partial charge in [0, 0.05) is 13.0 Å². The minimum Gasteiger partial charge on any atom is -0.355 e. The fraction of sp³-hybridized carbons (Fsp3) is 0.636. The van der Waals surface area contributed by atoms with Crippen LogP contribution in [0.25, 0.3) is 0 Å². The van der Waals surface area contributed by atoms with Crippen molar-refractivity contribution in [3.8, 4) is 0 Å². The lowest BCUT2D eigenvalue weighted by Crippen LogP contribution is -2.66. The Balaban J connectivity index is 2.19. The topological polar surface area (TPSA) is 95.6 Å². The minimum absolute atomic E-state index is 0.112. The number of carbonyl (C=O) groups excluding carboxylic acids is 4. The summed E-state index contributed by atoms with van der Waals surface area (Å²) in [4.78, 5) is 47.7. The van der Waals surface area contributed by atoms with Crippen LogP contribution >= 0.6 is 0 Å². The summed E-state index contributed by atoms with van der Waals surface area (Å²) < 4.78 is 0. The molecule has 2 fully saturated rings. The molecule has 0 aliphatic carbocycles. The zero-order chi connectivity index (χ0) is 13.5. The SMILES string of the molecule is CC1(C)C(=O)NC(=O)CN1C(=O)C1CNC(=O)C1. The van der Waals surface area contributed by atoms with Gasteiger partial charge < -0.3 is 10.2 Å². The van der Waals surface area contributed by atoms with Gasteiger partial charge in [-0.1, -0.05) is 0 Å². The zero-order valence-electron chi connectivity index (χ0n) is 10.3. The number of rotatable bonds is 1. The molecule has 0 aromatic carbocycles. The van der Waals surface area contributed by atoms with E-state index in [1.165, 1.54) is 4.90 Å². The van der Waals surface area contributed by atoms with Gasteiger partial charge in [-0.3, -0.25) is 24.5 Å². The van der Waals surface area contributed by atoms with E-state index in [9.17, 15) is 19.2 Å². The van der Waals surface area contributed by atoms with Crippen LogP contribution in [-0.2, 0) is 19.2 Å². The van der Waals surface area contributed by atoms with Gasteiger partial charge in [0.25, 0.3) is 5.91 Å². The predicted octanol–water partition coefficient (Wildman–Crippen LogP) is -1.61. The number of nitrogens with one attached hydrogen (secondary N) is 2. The monoisotopic (exact) mass is 253 g/mol. The first-order valence-corrected chi connectivity index (χ1v) is 5.75. The van der Waals surface area contributed by atoms with Gasteiger partial charge in [0.1, 0.15) is 12.1 Å². The molecule has 4 amide bonds. The first-order valence-electron chi connectivity index (χ1n) is 5.75. The van der Waals surface area contributed by atoms with Crippen LogP contribution < -0.4 is 10.6 Å². The van der Waals surface area contributed by atoms with Crippen LogP contribution in [0.15, 0.2) is 0 Å². The molecule has 1 atom stereocenters. The highest BCUT2D eigenvalue weighted by atomic mass is 16.2. The molecule has 2 saturated heterocycles. The van der Waals surface area contributed by atoms with E-state index in [4.69, 9.17) is 0 Å². The summed E-state index contributed by atoms with van der Waals surface area (Å²) in [7, 11) is 0. The van der Waals surface area contributed by atoms with Crippen LogP contribution in [0, 0.1) is 5.92 Å². The van der Waals surface area contributed by atoms with Crippen molar-refractivity contribution in [3.05, 3.63) is 0 Å². The van der Waals surface area contributed by atoms with E-state index >= 15 is 0 Å². The maximum Gasteiger partial charge on any atom is 0.252 e. The van der Waals surface area contributed by atoms with Crippen molar-refractivity contribution < 1.29 is 19.2 Å². The second-order valence-corrected chi connectivity index (χ2v) is 5.07. The lowest BCUT2D eigenvalue weighted by molar-refractivity contribution is -0.157. The van der Waals surface area contributed by atoms with E-state index in [0.717, 1.165) is 0 Å². The average Bonchev–Trinajstić information content (AvgIpc) is 2.70. The molecule has 7 nitrogen and oxygen atoms in total. The minimum atomic E-state index is -1.07. The van der Waals surface area contributed by atoms with Crippen LogP contribution in [0.1, 0.15) is 20.3 Å². The Kier molecular flexibility index (Phi) is 2.84. The maximum atomic E-state index is 12.3. The van der Waals surface area contributed by atoms with Gasteiger partial charge >= 0.3 is 0 Å². The van der Waals surface area contributed by atoms with E-state index in [1.54, 1.807) is 13.8 Å². The number of hydrogen-bond donors (Lipinski definition) is 2. The van der Waals surface area contributed by atoms with Gasteiger partial charge in [-0.15, -0.1) is 0 Å². The average molecular weight is 253 g/mol. The highest BCUT2D eigenvalue weighted by Crippen LogP contribution is 2.23. The summed E-state index contributed by atoms with van der Waals surface area (Å²) >= 11 is 0.